The van der Waals surface area contributed by atoms with E-state index in [1.54, 1.807) is 38.3 Å². The maximum atomic E-state index is 14.2. The lowest BCUT2D eigenvalue weighted by Crippen LogP contribution is -2.45. The monoisotopic (exact) mass is 690 g/mol. The fourth-order valence-electron chi connectivity index (χ4n) is 5.87. The minimum atomic E-state index is -4.60. The summed E-state index contributed by atoms with van der Waals surface area (Å²) >= 11 is 0. The van der Waals surface area contributed by atoms with Crippen molar-refractivity contribution in [2.24, 2.45) is 0 Å². The molecule has 1 aromatic heterocycles. The molecule has 3 heterocycles. The Balaban J connectivity index is 1.19. The first-order valence-electron chi connectivity index (χ1n) is 16.2. The lowest BCUT2D eigenvalue weighted by Gasteiger charge is -2.34. The van der Waals surface area contributed by atoms with Crippen molar-refractivity contribution in [3.63, 3.8) is 0 Å². The topological polar surface area (TPSA) is 109 Å². The number of alkyl halides is 3. The summed E-state index contributed by atoms with van der Waals surface area (Å²) in [6.45, 7) is 7.86. The van der Waals surface area contributed by atoms with Crippen LogP contribution < -0.4 is 24.4 Å². The molecule has 3 aromatic carbocycles. The average molecular weight is 691 g/mol. The number of fused-ring (bicyclic) bond motifs is 1. The van der Waals surface area contributed by atoms with Crippen LogP contribution in [0.4, 0.5) is 24.7 Å². The van der Waals surface area contributed by atoms with E-state index in [0.29, 0.717) is 24.4 Å². The number of hydrogen-bond acceptors (Lipinski definition) is 9. The molecule has 11 nitrogen and oxygen atoms in total. The maximum Gasteiger partial charge on any atom is 0.416 e. The number of halogens is 3. The zero-order valence-corrected chi connectivity index (χ0v) is 27.9. The molecule has 6 rings (SSSR count). The van der Waals surface area contributed by atoms with Crippen LogP contribution >= 0.6 is 0 Å². The normalized spacial score (nSPS) is 15.3. The number of amides is 2. The molecule has 1 saturated heterocycles. The first kappa shape index (κ1) is 34.6. The molecule has 0 spiro atoms. The summed E-state index contributed by atoms with van der Waals surface area (Å²) in [6, 6.07) is 15.8. The van der Waals surface area contributed by atoms with Gasteiger partial charge in [0.1, 0.15) is 17.8 Å². The fourth-order valence-corrected chi connectivity index (χ4v) is 5.87. The highest BCUT2D eigenvalue weighted by molar-refractivity contribution is 6.04. The van der Waals surface area contributed by atoms with Crippen molar-refractivity contribution in [3.8, 4) is 23.1 Å². The van der Waals surface area contributed by atoms with Crippen molar-refractivity contribution in [3.05, 3.63) is 94.8 Å². The number of nitrogens with zero attached hydrogens (tertiary/aromatic N) is 5. The summed E-state index contributed by atoms with van der Waals surface area (Å²) in [5, 5.41) is 2.60. The zero-order valence-electron chi connectivity index (χ0n) is 27.9. The molecule has 2 aliphatic rings. The third-order valence-corrected chi connectivity index (χ3v) is 8.78. The van der Waals surface area contributed by atoms with E-state index in [1.165, 1.54) is 29.4 Å². The van der Waals surface area contributed by atoms with E-state index < -0.39 is 17.6 Å². The minimum Gasteiger partial charge on any atom is -0.497 e. The number of benzene rings is 3. The largest absolute Gasteiger partial charge is 0.497 e. The van der Waals surface area contributed by atoms with Crippen molar-refractivity contribution in [1.82, 2.24) is 19.8 Å². The van der Waals surface area contributed by atoms with Crippen LogP contribution in [0.3, 0.4) is 0 Å². The highest BCUT2D eigenvalue weighted by atomic mass is 19.4. The minimum absolute atomic E-state index is 0.0183. The summed E-state index contributed by atoms with van der Waals surface area (Å²) in [5.41, 5.74) is 1.03. The number of nitrogens with one attached hydrogen (secondary N) is 1. The van der Waals surface area contributed by atoms with E-state index in [2.05, 4.69) is 27.1 Å². The second-order valence-electron chi connectivity index (χ2n) is 12.1. The van der Waals surface area contributed by atoms with Crippen LogP contribution in [-0.2, 0) is 24.1 Å². The van der Waals surface area contributed by atoms with Crippen LogP contribution in [-0.4, -0.2) is 78.0 Å². The summed E-state index contributed by atoms with van der Waals surface area (Å²) in [5.74, 6) is 0.429. The Hall–Kier alpha value is -5.21. The summed E-state index contributed by atoms with van der Waals surface area (Å²) in [6.07, 6.45) is -3.35. The van der Waals surface area contributed by atoms with Gasteiger partial charge in [0.25, 0.3) is 17.7 Å². The highest BCUT2D eigenvalue weighted by Crippen LogP contribution is 2.40. The van der Waals surface area contributed by atoms with Crippen LogP contribution in [0.2, 0.25) is 0 Å². The number of aryl methyl sites for hydroxylation is 1. The summed E-state index contributed by atoms with van der Waals surface area (Å²) in [7, 11) is 1.57. The van der Waals surface area contributed by atoms with Crippen LogP contribution in [0.25, 0.3) is 0 Å². The van der Waals surface area contributed by atoms with Crippen molar-refractivity contribution >= 4 is 23.3 Å². The van der Waals surface area contributed by atoms with Gasteiger partial charge >= 0.3 is 6.18 Å². The number of carbonyl (C=O) groups is 2. The first-order chi connectivity index (χ1) is 24.0. The molecule has 1 N–H and O–H groups in total. The predicted octanol–water partition coefficient (Wildman–Crippen LogP) is 5.92. The van der Waals surface area contributed by atoms with E-state index in [9.17, 15) is 22.8 Å². The number of aromatic nitrogens is 2. The standard InChI is InChI=1S/C36H37F3N6O5/c1-4-43-13-15-44(16-14-43)20-26-9-10-27(18-29(26)36(37,38)39)42-34(47)25-8-5-23(2)30(17-25)50-35-32-33(40-22-41-35)45(31(46)21-49-32)19-24-6-11-28(48-3)12-7-24/h5-12,17-18,22H,4,13-16,19-21H2,1-3H3,(H,42,47). The number of anilines is 2. The van der Waals surface area contributed by atoms with Crippen molar-refractivity contribution in [2.75, 3.05) is 56.7 Å². The Morgan fingerprint density at radius 3 is 2.40 bits per heavy atom. The molecule has 0 radical (unpaired) electrons. The summed E-state index contributed by atoms with van der Waals surface area (Å²) < 4.78 is 59.5. The number of rotatable bonds is 10. The van der Waals surface area contributed by atoms with Crippen LogP contribution in [0.15, 0.2) is 67.0 Å². The third kappa shape index (κ3) is 7.81. The Labute approximate surface area is 287 Å². The molecule has 0 saturated carbocycles. The van der Waals surface area contributed by atoms with Crippen molar-refractivity contribution in [2.45, 2.75) is 33.1 Å². The van der Waals surface area contributed by atoms with Gasteiger partial charge in [0.2, 0.25) is 5.75 Å². The molecule has 1 fully saturated rings. The molecular formula is C36H37F3N6O5. The number of methoxy groups -OCH3 is 1. The number of piperazine rings is 1. The van der Waals surface area contributed by atoms with Crippen molar-refractivity contribution < 1.29 is 37.0 Å². The van der Waals surface area contributed by atoms with Gasteiger partial charge in [0, 0.05) is 44.0 Å². The van der Waals surface area contributed by atoms with Gasteiger partial charge in [0.05, 0.1) is 19.2 Å². The number of likely N-dealkylation sites (N-methyl/N-ethyl adjacent to an activating group) is 1. The van der Waals surface area contributed by atoms with E-state index >= 15 is 0 Å². The molecule has 14 heteroatoms. The van der Waals surface area contributed by atoms with Gasteiger partial charge in [-0.05, 0) is 66.6 Å². The third-order valence-electron chi connectivity index (χ3n) is 8.78. The number of ether oxygens (including phenoxy) is 3. The molecule has 4 aromatic rings. The molecule has 0 bridgehead atoms. The van der Waals surface area contributed by atoms with Gasteiger partial charge in [-0.2, -0.15) is 18.2 Å². The molecule has 2 aliphatic heterocycles. The van der Waals surface area contributed by atoms with Gasteiger partial charge < -0.3 is 24.4 Å². The van der Waals surface area contributed by atoms with E-state index in [-0.39, 0.29) is 65.6 Å². The lowest BCUT2D eigenvalue weighted by atomic mass is 10.0. The smallest absolute Gasteiger partial charge is 0.416 e. The van der Waals surface area contributed by atoms with Gasteiger partial charge in [-0.1, -0.05) is 31.2 Å². The average Bonchev–Trinajstić information content (AvgIpc) is 3.11. The molecule has 0 atom stereocenters. The number of carbonyl (C=O) groups excluding carboxylic acids is 2. The Bertz CT molecular complexity index is 1860. The maximum absolute atomic E-state index is 14.2. The predicted molar refractivity (Wildman–Crippen MR) is 180 cm³/mol. The number of hydrogen-bond donors (Lipinski definition) is 1. The van der Waals surface area contributed by atoms with Crippen LogP contribution in [0, 0.1) is 6.92 Å². The van der Waals surface area contributed by atoms with Gasteiger partial charge in [0.15, 0.2) is 12.4 Å². The molecule has 2 amide bonds. The van der Waals surface area contributed by atoms with E-state index in [0.717, 1.165) is 31.3 Å². The molecule has 262 valence electrons. The Morgan fingerprint density at radius 1 is 0.960 bits per heavy atom. The first-order valence-corrected chi connectivity index (χ1v) is 16.2. The highest BCUT2D eigenvalue weighted by Gasteiger charge is 2.35. The van der Waals surface area contributed by atoms with Crippen LogP contribution in [0.1, 0.15) is 39.5 Å². The quantitative estimate of drug-likeness (QED) is 0.217. The van der Waals surface area contributed by atoms with Crippen LogP contribution in [0.5, 0.6) is 23.1 Å². The molecule has 0 aliphatic carbocycles. The van der Waals surface area contributed by atoms with Gasteiger partial charge in [-0.3, -0.25) is 19.4 Å². The fraction of sp³-hybridized carbons (Fsp3) is 0.333. The van der Waals surface area contributed by atoms with E-state index in [4.69, 9.17) is 14.2 Å². The van der Waals surface area contributed by atoms with Crippen molar-refractivity contribution in [1.29, 1.82) is 0 Å². The van der Waals surface area contributed by atoms with E-state index in [1.807, 2.05) is 17.0 Å². The van der Waals surface area contributed by atoms with Gasteiger partial charge in [-0.25, -0.2) is 4.98 Å². The second-order valence-corrected chi connectivity index (χ2v) is 12.1. The van der Waals surface area contributed by atoms with Gasteiger partial charge in [-0.15, -0.1) is 0 Å². The molecule has 50 heavy (non-hydrogen) atoms. The second kappa shape index (κ2) is 14.7. The molecule has 0 unspecified atom stereocenters. The summed E-state index contributed by atoms with van der Waals surface area (Å²) in [4.78, 5) is 40.4. The Morgan fingerprint density at radius 2 is 1.70 bits per heavy atom. The SMILES string of the molecule is CCN1CCN(Cc2ccc(NC(=O)c3ccc(C)c(Oc4ncnc5c4OCC(=O)N5Cc4ccc(OC)cc4)c3)cc2C(F)(F)F)CC1. The molecular weight excluding hydrogens is 653 g/mol. The lowest BCUT2D eigenvalue weighted by molar-refractivity contribution is -0.138. The Kier molecular flexibility index (Phi) is 10.2. The zero-order chi connectivity index (χ0) is 35.4.